The Morgan fingerprint density at radius 3 is 1.91 bits per heavy atom. The number of amides is 2. The molecule has 0 aromatic heterocycles. The van der Waals surface area contributed by atoms with E-state index in [1.165, 1.54) is 12.1 Å². The normalized spacial score (nSPS) is 41.4. The fourth-order valence-corrected chi connectivity index (χ4v) is 4.33. The third-order valence-electron chi connectivity index (χ3n) is 6.10. The van der Waals surface area contributed by atoms with Crippen LogP contribution in [0.25, 0.3) is 0 Å². The first-order chi connectivity index (χ1) is 15.7. The standard InChI is InChI=1S/C20H25NO12/c22-5-9-12(24)14(26)15(27)20(32-9)33-16-10(6-23)31-19(30)11(13(16)25)21-17(28)7-3-1-2-4-8(7)18(21)29/h1-4,9-16,19-20,22-27,30H,5-6H2. The highest BCUT2D eigenvalue weighted by molar-refractivity contribution is 6.21. The van der Waals surface area contributed by atoms with Crippen molar-refractivity contribution in [1.29, 1.82) is 0 Å². The summed E-state index contributed by atoms with van der Waals surface area (Å²) >= 11 is 0. The summed E-state index contributed by atoms with van der Waals surface area (Å²) in [4.78, 5) is 26.3. The molecule has 3 aliphatic rings. The van der Waals surface area contributed by atoms with Crippen molar-refractivity contribution in [3.05, 3.63) is 35.4 Å². The van der Waals surface area contributed by atoms with Gasteiger partial charge in [-0.05, 0) is 12.1 Å². The number of rotatable bonds is 5. The molecule has 0 bridgehead atoms. The zero-order valence-electron chi connectivity index (χ0n) is 17.1. The van der Waals surface area contributed by atoms with E-state index in [0.717, 1.165) is 0 Å². The molecule has 33 heavy (non-hydrogen) atoms. The highest BCUT2D eigenvalue weighted by Gasteiger charge is 2.55. The van der Waals surface area contributed by atoms with Crippen LogP contribution >= 0.6 is 0 Å². The van der Waals surface area contributed by atoms with E-state index in [0.29, 0.717) is 4.90 Å². The first-order valence-electron chi connectivity index (χ1n) is 10.3. The van der Waals surface area contributed by atoms with Crippen LogP contribution in [0.15, 0.2) is 24.3 Å². The fourth-order valence-electron chi connectivity index (χ4n) is 4.33. The molecule has 0 saturated carbocycles. The molecule has 2 amide bonds. The average molecular weight is 471 g/mol. The lowest BCUT2D eigenvalue weighted by molar-refractivity contribution is -0.348. The Labute approximate surface area is 187 Å². The Morgan fingerprint density at radius 1 is 0.788 bits per heavy atom. The maximum absolute atomic E-state index is 12.8. The van der Waals surface area contributed by atoms with E-state index >= 15 is 0 Å². The van der Waals surface area contributed by atoms with Gasteiger partial charge in [0.15, 0.2) is 12.6 Å². The molecule has 0 radical (unpaired) electrons. The number of aliphatic hydroxyl groups is 7. The first kappa shape index (κ1) is 24.1. The lowest BCUT2D eigenvalue weighted by atomic mass is 9.94. The Hall–Kier alpha value is -2.04. The van der Waals surface area contributed by atoms with Crippen LogP contribution < -0.4 is 0 Å². The van der Waals surface area contributed by atoms with Crippen molar-refractivity contribution in [2.45, 2.75) is 61.3 Å². The Balaban J connectivity index is 1.60. The van der Waals surface area contributed by atoms with E-state index in [1.807, 2.05) is 0 Å². The molecule has 2 saturated heterocycles. The smallest absolute Gasteiger partial charge is 0.262 e. The second-order valence-corrected chi connectivity index (χ2v) is 8.05. The predicted octanol–water partition coefficient (Wildman–Crippen LogP) is -4.09. The second-order valence-electron chi connectivity index (χ2n) is 8.05. The van der Waals surface area contributed by atoms with Crippen LogP contribution in [0.4, 0.5) is 0 Å². The minimum Gasteiger partial charge on any atom is -0.394 e. The monoisotopic (exact) mass is 471 g/mol. The largest absolute Gasteiger partial charge is 0.394 e. The van der Waals surface area contributed by atoms with Crippen LogP contribution in [0, 0.1) is 0 Å². The second kappa shape index (κ2) is 9.31. The Bertz CT molecular complexity index is 861. The number of ether oxygens (including phenoxy) is 3. The van der Waals surface area contributed by atoms with E-state index in [2.05, 4.69) is 0 Å². The number of benzene rings is 1. The van der Waals surface area contributed by atoms with Crippen molar-refractivity contribution in [2.24, 2.45) is 0 Å². The average Bonchev–Trinajstić information content (AvgIpc) is 3.06. The molecule has 3 heterocycles. The van der Waals surface area contributed by atoms with E-state index in [-0.39, 0.29) is 11.1 Å². The maximum atomic E-state index is 12.8. The highest BCUT2D eigenvalue weighted by atomic mass is 16.7. The summed E-state index contributed by atoms with van der Waals surface area (Å²) in [7, 11) is 0. The van der Waals surface area contributed by atoms with E-state index in [4.69, 9.17) is 14.2 Å². The minimum atomic E-state index is -1.88. The van der Waals surface area contributed by atoms with Gasteiger partial charge in [-0.1, -0.05) is 12.1 Å². The van der Waals surface area contributed by atoms with Crippen LogP contribution in [0.5, 0.6) is 0 Å². The van der Waals surface area contributed by atoms with Crippen molar-refractivity contribution in [3.8, 4) is 0 Å². The van der Waals surface area contributed by atoms with Crippen molar-refractivity contribution in [2.75, 3.05) is 13.2 Å². The molecule has 0 aliphatic carbocycles. The molecular weight excluding hydrogens is 446 g/mol. The van der Waals surface area contributed by atoms with Gasteiger partial charge in [0.2, 0.25) is 0 Å². The summed E-state index contributed by atoms with van der Waals surface area (Å²) in [6, 6.07) is 4.28. The lowest BCUT2D eigenvalue weighted by Gasteiger charge is -2.47. The van der Waals surface area contributed by atoms with Gasteiger partial charge in [0, 0.05) is 0 Å². The van der Waals surface area contributed by atoms with Gasteiger partial charge in [-0.25, -0.2) is 0 Å². The number of carbonyl (C=O) groups excluding carboxylic acids is 2. The predicted molar refractivity (Wildman–Crippen MR) is 103 cm³/mol. The molecule has 13 nitrogen and oxygen atoms in total. The minimum absolute atomic E-state index is 0.0672. The number of carbonyl (C=O) groups is 2. The van der Waals surface area contributed by atoms with Gasteiger partial charge in [-0.3, -0.25) is 14.5 Å². The molecule has 182 valence electrons. The Morgan fingerprint density at radius 2 is 1.36 bits per heavy atom. The Kier molecular flexibility index (Phi) is 6.80. The molecule has 13 heteroatoms. The van der Waals surface area contributed by atoms with E-state index in [1.54, 1.807) is 12.1 Å². The highest BCUT2D eigenvalue weighted by Crippen LogP contribution is 2.34. The molecular formula is C20H25NO12. The molecule has 3 aliphatic heterocycles. The summed E-state index contributed by atoms with van der Waals surface area (Å²) in [6.45, 7) is -1.50. The van der Waals surface area contributed by atoms with Crippen molar-refractivity contribution in [3.63, 3.8) is 0 Å². The summed E-state index contributed by atoms with van der Waals surface area (Å²) in [6.07, 6.45) is -14.9. The summed E-state index contributed by atoms with van der Waals surface area (Å²) in [5.41, 5.74) is 0.134. The van der Waals surface area contributed by atoms with Gasteiger partial charge >= 0.3 is 0 Å². The van der Waals surface area contributed by atoms with Crippen LogP contribution in [0.1, 0.15) is 20.7 Å². The van der Waals surface area contributed by atoms with Crippen LogP contribution in [-0.4, -0.2) is 127 Å². The van der Waals surface area contributed by atoms with Crippen LogP contribution in [-0.2, 0) is 14.2 Å². The van der Waals surface area contributed by atoms with E-state index in [9.17, 15) is 45.3 Å². The van der Waals surface area contributed by atoms with Crippen molar-refractivity contribution < 1.29 is 59.5 Å². The molecule has 1 aromatic rings. The molecule has 4 rings (SSSR count). The topological polar surface area (TPSA) is 207 Å². The van der Waals surface area contributed by atoms with Gasteiger partial charge in [-0.2, -0.15) is 0 Å². The SMILES string of the molecule is O=C1c2ccccc2C(=O)N1C1C(O)OC(CO)C(OC2OC(CO)C(O)C(O)C2O)C1O. The fraction of sp³-hybridized carbons (Fsp3) is 0.600. The van der Waals surface area contributed by atoms with Crippen molar-refractivity contribution in [1.82, 2.24) is 4.90 Å². The molecule has 10 unspecified atom stereocenters. The third kappa shape index (κ3) is 3.95. The van der Waals surface area contributed by atoms with Crippen LogP contribution in [0.2, 0.25) is 0 Å². The van der Waals surface area contributed by atoms with Crippen LogP contribution in [0.3, 0.4) is 0 Å². The summed E-state index contributed by atoms with van der Waals surface area (Å²) in [5, 5.41) is 70.6. The maximum Gasteiger partial charge on any atom is 0.262 e. The molecule has 1 aromatic carbocycles. The molecule has 10 atom stereocenters. The number of imide groups is 1. The van der Waals surface area contributed by atoms with Gasteiger partial charge in [0.25, 0.3) is 11.8 Å². The number of nitrogens with zero attached hydrogens (tertiary/aromatic N) is 1. The zero-order valence-corrected chi connectivity index (χ0v) is 17.1. The van der Waals surface area contributed by atoms with Gasteiger partial charge < -0.3 is 50.0 Å². The molecule has 2 fully saturated rings. The lowest BCUT2D eigenvalue weighted by Crippen LogP contribution is -2.68. The number of aliphatic hydroxyl groups excluding tert-OH is 7. The van der Waals surface area contributed by atoms with Gasteiger partial charge in [-0.15, -0.1) is 0 Å². The molecule has 7 N–H and O–H groups in total. The summed E-state index contributed by atoms with van der Waals surface area (Å²) < 4.78 is 16.1. The quantitative estimate of drug-likeness (QED) is 0.205. The van der Waals surface area contributed by atoms with Gasteiger partial charge in [0.1, 0.15) is 48.8 Å². The number of hydrogen-bond acceptors (Lipinski definition) is 12. The third-order valence-corrected chi connectivity index (χ3v) is 6.10. The first-order valence-corrected chi connectivity index (χ1v) is 10.3. The number of fused-ring (bicyclic) bond motifs is 1. The summed E-state index contributed by atoms with van der Waals surface area (Å²) in [5.74, 6) is -1.56. The van der Waals surface area contributed by atoms with Gasteiger partial charge in [0.05, 0.1) is 24.3 Å². The number of hydrogen-bond donors (Lipinski definition) is 7. The molecule has 0 spiro atoms. The van der Waals surface area contributed by atoms with E-state index < -0.39 is 86.4 Å². The zero-order chi connectivity index (χ0) is 24.0. The van der Waals surface area contributed by atoms with Crippen molar-refractivity contribution >= 4 is 11.8 Å².